The maximum absolute atomic E-state index is 12.2. The zero-order valence-electron chi connectivity index (χ0n) is 18.6. The summed E-state index contributed by atoms with van der Waals surface area (Å²) in [6, 6.07) is 13.6. The van der Waals surface area contributed by atoms with Crippen molar-refractivity contribution in [2.24, 2.45) is 0 Å². The second kappa shape index (κ2) is 12.4. The predicted molar refractivity (Wildman–Crippen MR) is 122 cm³/mol. The Balaban J connectivity index is 1.33. The van der Waals surface area contributed by atoms with Gasteiger partial charge in [0.05, 0.1) is 12.7 Å². The molecule has 0 bridgehead atoms. The molecule has 1 saturated heterocycles. The van der Waals surface area contributed by atoms with Crippen molar-refractivity contribution in [1.29, 1.82) is 0 Å². The first kappa shape index (κ1) is 24.1. The summed E-state index contributed by atoms with van der Waals surface area (Å²) in [4.78, 5) is 36.2. The van der Waals surface area contributed by atoms with E-state index in [4.69, 9.17) is 14.2 Å². The van der Waals surface area contributed by atoms with Crippen molar-refractivity contribution in [2.75, 3.05) is 25.1 Å². The molecule has 176 valence electrons. The van der Waals surface area contributed by atoms with Gasteiger partial charge in [-0.25, -0.2) is 0 Å². The van der Waals surface area contributed by atoms with E-state index >= 15 is 0 Å². The number of nitrogens with one attached hydrogen (secondary N) is 3. The molecule has 9 nitrogen and oxygen atoms in total. The quantitative estimate of drug-likeness (QED) is 0.475. The van der Waals surface area contributed by atoms with Crippen LogP contribution in [0.25, 0.3) is 0 Å². The van der Waals surface area contributed by atoms with Gasteiger partial charge in [-0.2, -0.15) is 0 Å². The number of benzene rings is 2. The molecule has 3 N–H and O–H groups in total. The Morgan fingerprint density at radius 3 is 2.24 bits per heavy atom. The molecule has 0 aliphatic carbocycles. The first-order valence-electron chi connectivity index (χ1n) is 11.0. The van der Waals surface area contributed by atoms with Crippen molar-refractivity contribution in [2.45, 2.75) is 38.7 Å². The molecule has 2 aromatic rings. The zero-order valence-corrected chi connectivity index (χ0v) is 18.6. The highest BCUT2D eigenvalue weighted by Gasteiger charge is 2.16. The van der Waals surface area contributed by atoms with Crippen LogP contribution >= 0.6 is 0 Å². The third-order valence-corrected chi connectivity index (χ3v) is 4.92. The van der Waals surface area contributed by atoms with E-state index in [1.807, 2.05) is 6.92 Å². The fraction of sp³-hybridized carbons (Fsp3) is 0.375. The molecule has 3 amide bonds. The lowest BCUT2D eigenvalue weighted by Crippen LogP contribution is -2.41. The Bertz CT molecular complexity index is 924. The van der Waals surface area contributed by atoms with Gasteiger partial charge in [0, 0.05) is 30.7 Å². The first-order chi connectivity index (χ1) is 16.0. The van der Waals surface area contributed by atoms with Crippen LogP contribution in [0, 0.1) is 0 Å². The van der Waals surface area contributed by atoms with Crippen LogP contribution < -0.4 is 25.6 Å². The maximum Gasteiger partial charge on any atom is 0.269 e. The van der Waals surface area contributed by atoms with Crippen LogP contribution in [0.2, 0.25) is 0 Å². The number of hydrogen-bond acceptors (Lipinski definition) is 6. The number of hydrogen-bond donors (Lipinski definition) is 3. The molecule has 9 heteroatoms. The van der Waals surface area contributed by atoms with Crippen molar-refractivity contribution < 1.29 is 28.6 Å². The summed E-state index contributed by atoms with van der Waals surface area (Å²) in [5, 5.41) is 2.71. The predicted octanol–water partition coefficient (Wildman–Crippen LogP) is 2.82. The second-order valence-corrected chi connectivity index (χ2v) is 7.48. The van der Waals surface area contributed by atoms with E-state index in [0.717, 1.165) is 19.4 Å². The van der Waals surface area contributed by atoms with Gasteiger partial charge in [0.2, 0.25) is 11.8 Å². The minimum atomic E-state index is -0.471. The SMILES string of the molecule is CCOc1ccc(NC(=O)CCC(=O)NNC(=O)c2ccc(OC[C@@H]3CCCO3)cc2)cc1. The summed E-state index contributed by atoms with van der Waals surface area (Å²) in [6.07, 6.45) is 2.06. The van der Waals surface area contributed by atoms with Crippen LogP contribution in [0.1, 0.15) is 43.0 Å². The lowest BCUT2D eigenvalue weighted by molar-refractivity contribution is -0.124. The molecule has 1 heterocycles. The third kappa shape index (κ3) is 8.12. The van der Waals surface area contributed by atoms with E-state index in [-0.39, 0.29) is 24.9 Å². The number of ether oxygens (including phenoxy) is 3. The minimum Gasteiger partial charge on any atom is -0.494 e. The zero-order chi connectivity index (χ0) is 23.5. The normalized spacial score (nSPS) is 14.9. The Morgan fingerprint density at radius 1 is 0.909 bits per heavy atom. The molecular formula is C24H29N3O6. The van der Waals surface area contributed by atoms with Crippen molar-refractivity contribution in [1.82, 2.24) is 10.9 Å². The largest absolute Gasteiger partial charge is 0.494 e. The average molecular weight is 456 g/mol. The minimum absolute atomic E-state index is 0.0222. The molecule has 33 heavy (non-hydrogen) atoms. The van der Waals surface area contributed by atoms with Gasteiger partial charge in [0.1, 0.15) is 18.1 Å². The second-order valence-electron chi connectivity index (χ2n) is 7.48. The maximum atomic E-state index is 12.2. The summed E-state index contributed by atoms with van der Waals surface area (Å²) in [5.41, 5.74) is 5.64. The molecule has 2 aromatic carbocycles. The first-order valence-corrected chi connectivity index (χ1v) is 11.0. The molecule has 1 fully saturated rings. The standard InChI is InChI=1S/C24H29N3O6/c1-2-31-19-11-7-18(8-12-19)25-22(28)13-14-23(29)26-27-24(30)17-5-9-20(10-6-17)33-16-21-4-3-15-32-21/h5-12,21H,2-4,13-16H2,1H3,(H,25,28)(H,26,29)(H,27,30)/t21-/m0/s1. The third-order valence-electron chi connectivity index (χ3n) is 4.92. The molecule has 0 aromatic heterocycles. The lowest BCUT2D eigenvalue weighted by atomic mass is 10.2. The Kier molecular flexibility index (Phi) is 9.08. The summed E-state index contributed by atoms with van der Waals surface area (Å²) >= 11 is 0. The van der Waals surface area contributed by atoms with Crippen LogP contribution in [0.5, 0.6) is 11.5 Å². The van der Waals surface area contributed by atoms with E-state index in [0.29, 0.717) is 36.0 Å². The monoisotopic (exact) mass is 455 g/mol. The summed E-state index contributed by atoms with van der Waals surface area (Å²) in [7, 11) is 0. The topological polar surface area (TPSA) is 115 Å². The van der Waals surface area contributed by atoms with Crippen LogP contribution in [0.4, 0.5) is 5.69 Å². The molecule has 0 saturated carbocycles. The smallest absolute Gasteiger partial charge is 0.269 e. The van der Waals surface area contributed by atoms with Gasteiger partial charge in [-0.15, -0.1) is 0 Å². The van der Waals surface area contributed by atoms with Gasteiger partial charge in [0.15, 0.2) is 0 Å². The van der Waals surface area contributed by atoms with Crippen LogP contribution in [-0.2, 0) is 14.3 Å². The van der Waals surface area contributed by atoms with Crippen molar-refractivity contribution in [3.05, 3.63) is 54.1 Å². The Hall–Kier alpha value is -3.59. The number of carbonyl (C=O) groups excluding carboxylic acids is 3. The van der Waals surface area contributed by atoms with E-state index in [9.17, 15) is 14.4 Å². The molecule has 3 rings (SSSR count). The Morgan fingerprint density at radius 2 is 1.58 bits per heavy atom. The molecule has 0 unspecified atom stereocenters. The lowest BCUT2D eigenvalue weighted by Gasteiger charge is -2.12. The van der Waals surface area contributed by atoms with Gasteiger partial charge in [-0.1, -0.05) is 0 Å². The van der Waals surface area contributed by atoms with E-state index in [1.165, 1.54) is 0 Å². The van der Waals surface area contributed by atoms with Gasteiger partial charge in [-0.3, -0.25) is 25.2 Å². The van der Waals surface area contributed by atoms with Crippen LogP contribution in [0.15, 0.2) is 48.5 Å². The average Bonchev–Trinajstić information content (AvgIpc) is 3.35. The molecule has 0 radical (unpaired) electrons. The molecular weight excluding hydrogens is 426 g/mol. The highest BCUT2D eigenvalue weighted by Crippen LogP contribution is 2.17. The fourth-order valence-corrected chi connectivity index (χ4v) is 3.18. The molecule has 0 spiro atoms. The highest BCUT2D eigenvalue weighted by molar-refractivity contribution is 5.96. The van der Waals surface area contributed by atoms with Crippen molar-refractivity contribution in [3.63, 3.8) is 0 Å². The molecule has 1 atom stereocenters. The number of rotatable bonds is 10. The van der Waals surface area contributed by atoms with Gasteiger partial charge >= 0.3 is 0 Å². The number of hydrazine groups is 1. The number of amides is 3. The van der Waals surface area contributed by atoms with Gasteiger partial charge < -0.3 is 19.5 Å². The summed E-state index contributed by atoms with van der Waals surface area (Å²) in [6.45, 7) is 3.70. The summed E-state index contributed by atoms with van der Waals surface area (Å²) < 4.78 is 16.5. The number of anilines is 1. The highest BCUT2D eigenvalue weighted by atomic mass is 16.5. The van der Waals surface area contributed by atoms with Crippen molar-refractivity contribution in [3.8, 4) is 11.5 Å². The van der Waals surface area contributed by atoms with E-state index in [1.54, 1.807) is 48.5 Å². The van der Waals surface area contributed by atoms with Crippen LogP contribution in [-0.4, -0.2) is 43.6 Å². The number of carbonyl (C=O) groups is 3. The van der Waals surface area contributed by atoms with Gasteiger partial charge in [-0.05, 0) is 68.3 Å². The van der Waals surface area contributed by atoms with Crippen LogP contribution in [0.3, 0.4) is 0 Å². The fourth-order valence-electron chi connectivity index (χ4n) is 3.18. The Labute approximate surface area is 192 Å². The van der Waals surface area contributed by atoms with Gasteiger partial charge in [0.25, 0.3) is 5.91 Å². The van der Waals surface area contributed by atoms with E-state index in [2.05, 4.69) is 16.2 Å². The molecule has 1 aliphatic heterocycles. The van der Waals surface area contributed by atoms with E-state index < -0.39 is 11.8 Å². The van der Waals surface area contributed by atoms with Crippen molar-refractivity contribution >= 4 is 23.4 Å². The molecule has 1 aliphatic rings. The summed E-state index contributed by atoms with van der Waals surface area (Å²) in [5.74, 6) is 0.116.